The van der Waals surface area contributed by atoms with Crippen LogP contribution in [0.1, 0.15) is 40.0 Å². The number of ether oxygens (including phenoxy) is 1. The van der Waals surface area contributed by atoms with Gasteiger partial charge in [-0.1, -0.05) is 39.6 Å². The van der Waals surface area contributed by atoms with E-state index in [0.717, 1.165) is 18.7 Å². The largest absolute Gasteiger partial charge is 0.463 e. The number of hydrogen-bond donors (Lipinski definition) is 2. The highest BCUT2D eigenvalue weighted by atomic mass is 127. The molecule has 108 valence electrons. The third kappa shape index (κ3) is 5.86. The van der Waals surface area contributed by atoms with Gasteiger partial charge in [0.25, 0.3) is 6.02 Å². The molecule has 0 fully saturated rings. The van der Waals surface area contributed by atoms with Crippen LogP contribution in [-0.4, -0.2) is 23.3 Å². The van der Waals surface area contributed by atoms with E-state index in [2.05, 4.69) is 35.2 Å². The van der Waals surface area contributed by atoms with Crippen molar-refractivity contribution in [2.75, 3.05) is 13.2 Å². The first kappa shape index (κ1) is 16.4. The lowest BCUT2D eigenvalue weighted by Crippen LogP contribution is -2.24. The van der Waals surface area contributed by atoms with E-state index in [1.165, 1.54) is 24.0 Å². The number of halogens is 1. The smallest absolute Gasteiger partial charge is 0.289 e. The molecule has 0 saturated carbocycles. The number of amidine groups is 1. The number of nitrogens with zero attached hydrogens (tertiary/aromatic N) is 1. The minimum absolute atomic E-state index is 0.226. The molecule has 0 aromatic rings. The summed E-state index contributed by atoms with van der Waals surface area (Å²) < 4.78 is 9.42. The molecule has 1 rings (SSSR count). The van der Waals surface area contributed by atoms with Crippen LogP contribution in [0.3, 0.4) is 0 Å². The molecule has 0 atom stereocenters. The molecule has 1 heterocycles. The van der Waals surface area contributed by atoms with Crippen LogP contribution in [0, 0.1) is 0 Å². The van der Waals surface area contributed by atoms with Gasteiger partial charge in [0.1, 0.15) is 6.61 Å². The Morgan fingerprint density at radius 3 is 2.84 bits per heavy atom. The van der Waals surface area contributed by atoms with Gasteiger partial charge in [-0.3, -0.25) is 0 Å². The SMILES string of the molecule is CCCCC(=C(C)C)/C(=C\I=CN)NC1=NCCO1. The maximum atomic E-state index is 5.54. The van der Waals surface area contributed by atoms with Crippen molar-refractivity contribution in [1.82, 2.24) is 5.32 Å². The number of unbranched alkanes of at least 4 members (excludes halogenated alkanes) is 1. The van der Waals surface area contributed by atoms with E-state index in [1.54, 1.807) is 4.14 Å². The molecular formula is C14H24IN3O. The number of aliphatic imine (C=N–C) groups is 1. The summed E-state index contributed by atoms with van der Waals surface area (Å²) in [4.78, 5) is 4.30. The predicted octanol–water partition coefficient (Wildman–Crippen LogP) is 3.02. The summed E-state index contributed by atoms with van der Waals surface area (Å²) in [5, 5.41) is 3.32. The van der Waals surface area contributed by atoms with Crippen LogP contribution in [0.2, 0.25) is 0 Å². The molecule has 4 nitrogen and oxygen atoms in total. The van der Waals surface area contributed by atoms with E-state index in [1.807, 2.05) is 0 Å². The van der Waals surface area contributed by atoms with Crippen LogP contribution in [0.25, 0.3) is 0 Å². The Labute approximate surface area is 125 Å². The second-order valence-electron chi connectivity index (χ2n) is 4.52. The topological polar surface area (TPSA) is 59.6 Å². The highest BCUT2D eigenvalue weighted by Crippen LogP contribution is 2.22. The van der Waals surface area contributed by atoms with Gasteiger partial charge in [0.05, 0.1) is 12.2 Å². The van der Waals surface area contributed by atoms with Crippen molar-refractivity contribution in [2.45, 2.75) is 40.0 Å². The van der Waals surface area contributed by atoms with Crippen molar-refractivity contribution in [1.29, 1.82) is 0 Å². The van der Waals surface area contributed by atoms with Crippen molar-refractivity contribution in [2.24, 2.45) is 10.7 Å². The van der Waals surface area contributed by atoms with E-state index >= 15 is 0 Å². The quantitative estimate of drug-likeness (QED) is 0.553. The average molecular weight is 377 g/mol. The Bertz CT molecular complexity index is 407. The molecule has 0 unspecified atom stereocenters. The first-order chi connectivity index (χ1) is 9.19. The molecule has 0 radical (unpaired) electrons. The summed E-state index contributed by atoms with van der Waals surface area (Å²) in [5.41, 5.74) is 9.37. The molecule has 5 heteroatoms. The number of allylic oxidation sites excluding steroid dienone is 2. The van der Waals surface area contributed by atoms with Crippen LogP contribution in [0.4, 0.5) is 0 Å². The van der Waals surface area contributed by atoms with Crippen molar-refractivity contribution in [3.8, 4) is 0 Å². The predicted molar refractivity (Wildman–Crippen MR) is 91.6 cm³/mol. The molecule has 0 amide bonds. The zero-order valence-corrected chi connectivity index (χ0v) is 14.2. The van der Waals surface area contributed by atoms with E-state index in [4.69, 9.17) is 10.5 Å². The van der Waals surface area contributed by atoms with Crippen LogP contribution in [0.5, 0.6) is 0 Å². The molecule has 0 aromatic carbocycles. The lowest BCUT2D eigenvalue weighted by Gasteiger charge is -2.15. The van der Waals surface area contributed by atoms with E-state index in [-0.39, 0.29) is 20.7 Å². The number of nitrogens with one attached hydrogen (secondary N) is 1. The zero-order chi connectivity index (χ0) is 14.1. The molecule has 0 spiro atoms. The van der Waals surface area contributed by atoms with Gasteiger partial charge in [-0.25, -0.2) is 4.99 Å². The van der Waals surface area contributed by atoms with Gasteiger partial charge in [0, 0.05) is 4.14 Å². The van der Waals surface area contributed by atoms with Gasteiger partial charge in [0.2, 0.25) is 0 Å². The summed E-state index contributed by atoms with van der Waals surface area (Å²) in [7, 11) is 0. The van der Waals surface area contributed by atoms with Gasteiger partial charge in [0.15, 0.2) is 0 Å². The maximum absolute atomic E-state index is 5.54. The minimum Gasteiger partial charge on any atom is -0.463 e. The van der Waals surface area contributed by atoms with E-state index in [0.29, 0.717) is 12.6 Å². The van der Waals surface area contributed by atoms with Crippen molar-refractivity contribution in [3.05, 3.63) is 20.9 Å². The fraction of sp³-hybridized carbons (Fsp3) is 0.571. The summed E-state index contributed by atoms with van der Waals surface area (Å²) in [6.07, 6.45) is 3.47. The molecule has 0 saturated heterocycles. The lowest BCUT2D eigenvalue weighted by molar-refractivity contribution is 0.335. The van der Waals surface area contributed by atoms with Crippen LogP contribution < -0.4 is 11.1 Å². The lowest BCUT2D eigenvalue weighted by atomic mass is 10.0. The number of hydrogen-bond acceptors (Lipinski definition) is 4. The summed E-state index contributed by atoms with van der Waals surface area (Å²) in [5.74, 6) is 0. The third-order valence-electron chi connectivity index (χ3n) is 2.78. The van der Waals surface area contributed by atoms with Crippen molar-refractivity contribution >= 4 is 30.9 Å². The molecule has 0 bridgehead atoms. The molecule has 0 aliphatic carbocycles. The van der Waals surface area contributed by atoms with E-state index in [9.17, 15) is 0 Å². The first-order valence-electron chi connectivity index (χ1n) is 6.65. The molecule has 1 aliphatic rings. The summed E-state index contributed by atoms with van der Waals surface area (Å²) in [6, 6.07) is 0.641. The average Bonchev–Trinajstić information content (AvgIpc) is 2.88. The van der Waals surface area contributed by atoms with Gasteiger partial charge in [-0.15, -0.1) is 0 Å². The van der Waals surface area contributed by atoms with Crippen LogP contribution in [-0.2, 0) is 4.74 Å². The van der Waals surface area contributed by atoms with Gasteiger partial charge in [-0.2, -0.15) is 0 Å². The summed E-state index contributed by atoms with van der Waals surface area (Å²) in [6.45, 7) is 7.94. The summed E-state index contributed by atoms with van der Waals surface area (Å²) >= 11 is -0.226. The fourth-order valence-electron chi connectivity index (χ4n) is 1.80. The van der Waals surface area contributed by atoms with Crippen LogP contribution in [0.15, 0.2) is 25.9 Å². The number of rotatable bonds is 6. The van der Waals surface area contributed by atoms with Gasteiger partial charge >= 0.3 is 0 Å². The Morgan fingerprint density at radius 1 is 1.53 bits per heavy atom. The molecular weight excluding hydrogens is 353 g/mol. The highest BCUT2D eigenvalue weighted by Gasteiger charge is 2.12. The molecule has 19 heavy (non-hydrogen) atoms. The van der Waals surface area contributed by atoms with Crippen LogP contribution >= 0.6 is 20.7 Å². The highest BCUT2D eigenvalue weighted by molar-refractivity contribution is 14.2. The third-order valence-corrected chi connectivity index (χ3v) is 4.18. The Morgan fingerprint density at radius 2 is 2.32 bits per heavy atom. The standard InChI is InChI=1S/C14H24IN3O/c1-4-5-6-12(11(2)3)13(9-15-10-16)18-14-17-7-8-19-14/h9-10H,4-8,16H2,1-3H3,(H,17,18)/b13-9+. The fourth-order valence-corrected chi connectivity index (χ4v) is 2.90. The zero-order valence-electron chi connectivity index (χ0n) is 12.0. The first-order valence-corrected chi connectivity index (χ1v) is 9.14. The Balaban J connectivity index is 2.90. The number of nitrogens with two attached hydrogens (primary N) is 1. The molecule has 3 N–H and O–H groups in total. The maximum Gasteiger partial charge on any atom is 0.289 e. The normalized spacial score (nSPS) is 15.8. The monoisotopic (exact) mass is 377 g/mol. The minimum atomic E-state index is -0.226. The van der Waals surface area contributed by atoms with Gasteiger partial charge in [-0.05, 0) is 36.3 Å². The second-order valence-corrected chi connectivity index (χ2v) is 6.58. The van der Waals surface area contributed by atoms with E-state index < -0.39 is 0 Å². The Kier molecular flexibility index (Phi) is 7.97. The van der Waals surface area contributed by atoms with Crippen molar-refractivity contribution < 1.29 is 4.74 Å². The second kappa shape index (κ2) is 9.25. The van der Waals surface area contributed by atoms with Crippen molar-refractivity contribution in [3.63, 3.8) is 0 Å². The Hall–Kier alpha value is -0.690. The molecule has 1 aliphatic heterocycles. The van der Waals surface area contributed by atoms with Gasteiger partial charge < -0.3 is 15.8 Å². The molecule has 0 aromatic heterocycles.